The number of halogens is 10. The Morgan fingerprint density at radius 1 is 0.465 bits per heavy atom. The van der Waals surface area contributed by atoms with Crippen LogP contribution in [0, 0.1) is 0 Å². The molecule has 43 heavy (non-hydrogen) atoms. The van der Waals surface area contributed by atoms with Crippen LogP contribution in [0.25, 0.3) is 0 Å². The van der Waals surface area contributed by atoms with Crippen molar-refractivity contribution in [1.82, 2.24) is 0 Å². The summed E-state index contributed by atoms with van der Waals surface area (Å²) in [6, 6.07) is 12.8. The van der Waals surface area contributed by atoms with Gasteiger partial charge in [0.1, 0.15) is 23.2 Å². The zero-order valence-electron chi connectivity index (χ0n) is 23.3. The molecular formula is C31H34BrF9NP. The van der Waals surface area contributed by atoms with E-state index < -0.39 is 42.5 Å². The van der Waals surface area contributed by atoms with Gasteiger partial charge in [0, 0.05) is 0 Å². The van der Waals surface area contributed by atoms with Crippen LogP contribution >= 0.6 is 7.26 Å². The molecule has 0 bridgehead atoms. The van der Waals surface area contributed by atoms with E-state index in [1.165, 1.54) is 18.2 Å². The monoisotopic (exact) mass is 701 g/mol. The molecule has 0 aliphatic heterocycles. The van der Waals surface area contributed by atoms with Gasteiger partial charge in [-0.3, -0.25) is 0 Å². The van der Waals surface area contributed by atoms with E-state index >= 15 is 0 Å². The maximum absolute atomic E-state index is 13.8. The second-order valence-electron chi connectivity index (χ2n) is 10.3. The van der Waals surface area contributed by atoms with Crippen molar-refractivity contribution in [1.29, 1.82) is 0 Å². The van der Waals surface area contributed by atoms with Crippen molar-refractivity contribution in [2.75, 3.05) is 12.7 Å². The molecule has 0 saturated carbocycles. The summed E-state index contributed by atoms with van der Waals surface area (Å²) in [5.41, 5.74) is 2.47. The van der Waals surface area contributed by atoms with E-state index in [9.17, 15) is 39.5 Å². The third kappa shape index (κ3) is 9.95. The second kappa shape index (κ2) is 15.8. The van der Waals surface area contributed by atoms with Crippen LogP contribution in [-0.2, 0) is 18.5 Å². The van der Waals surface area contributed by atoms with Crippen molar-refractivity contribution in [2.45, 2.75) is 69.9 Å². The zero-order valence-corrected chi connectivity index (χ0v) is 25.8. The highest BCUT2D eigenvalue weighted by Crippen LogP contribution is 2.57. The minimum atomic E-state index is -4.75. The normalized spacial score (nSPS) is 12.7. The zero-order chi connectivity index (χ0) is 31.0. The molecule has 0 saturated heterocycles. The molecule has 0 aliphatic rings. The second-order valence-corrected chi connectivity index (χ2v) is 13.9. The summed E-state index contributed by atoms with van der Waals surface area (Å²) >= 11 is 0. The summed E-state index contributed by atoms with van der Waals surface area (Å²) in [7, 11) is -3.43. The van der Waals surface area contributed by atoms with Crippen molar-refractivity contribution in [3.8, 4) is 0 Å². The number of unbranched alkanes of at least 4 members (excludes halogenated alkanes) is 7. The van der Waals surface area contributed by atoms with E-state index in [1.807, 2.05) is 0 Å². The lowest BCUT2D eigenvalue weighted by Gasteiger charge is -2.29. The van der Waals surface area contributed by atoms with Gasteiger partial charge in [0.05, 0.1) is 22.9 Å². The van der Waals surface area contributed by atoms with Crippen molar-refractivity contribution >= 4 is 23.2 Å². The van der Waals surface area contributed by atoms with Crippen LogP contribution < -0.4 is 38.6 Å². The number of alkyl halides is 9. The van der Waals surface area contributed by atoms with Gasteiger partial charge in [-0.25, -0.2) is 0 Å². The van der Waals surface area contributed by atoms with Crippen LogP contribution in [0.15, 0.2) is 72.8 Å². The Hall–Kier alpha value is -2.10. The van der Waals surface area contributed by atoms with Crippen LogP contribution in [0.2, 0.25) is 0 Å². The Bertz CT molecular complexity index is 1150. The molecule has 0 fully saturated rings. The highest BCUT2D eigenvalue weighted by atomic mass is 79.9. The summed E-state index contributed by atoms with van der Waals surface area (Å²) in [5, 5.41) is 0.244. The Morgan fingerprint density at radius 3 is 1.07 bits per heavy atom. The van der Waals surface area contributed by atoms with Crippen LogP contribution in [0.3, 0.4) is 0 Å². The lowest BCUT2D eigenvalue weighted by molar-refractivity contribution is -0.138. The van der Waals surface area contributed by atoms with Gasteiger partial charge in [0.25, 0.3) is 0 Å². The van der Waals surface area contributed by atoms with E-state index in [0.29, 0.717) is 19.4 Å². The summed E-state index contributed by atoms with van der Waals surface area (Å²) in [6.07, 6.45) is -7.50. The highest BCUT2D eigenvalue weighted by Gasteiger charge is 2.48. The van der Waals surface area contributed by atoms with Crippen LogP contribution in [-0.4, -0.2) is 12.7 Å². The molecule has 0 amide bonds. The Labute approximate surface area is 257 Å². The van der Waals surface area contributed by atoms with Crippen LogP contribution in [0.5, 0.6) is 0 Å². The predicted molar refractivity (Wildman–Crippen MR) is 151 cm³/mol. The van der Waals surface area contributed by atoms with Crippen molar-refractivity contribution in [3.63, 3.8) is 0 Å². The fourth-order valence-corrected chi connectivity index (χ4v) is 9.61. The van der Waals surface area contributed by atoms with E-state index in [0.717, 1.165) is 93.1 Å². The maximum Gasteiger partial charge on any atom is 0.416 e. The number of benzene rings is 3. The van der Waals surface area contributed by atoms with Crippen molar-refractivity contribution in [2.24, 2.45) is 5.73 Å². The Balaban J connectivity index is 0.00000645. The van der Waals surface area contributed by atoms with Crippen molar-refractivity contribution in [3.05, 3.63) is 89.5 Å². The molecule has 238 valence electrons. The molecule has 12 heteroatoms. The molecule has 0 aromatic heterocycles. The number of hydrogen-bond donors (Lipinski definition) is 1. The molecule has 3 aromatic carbocycles. The molecule has 3 aromatic rings. The molecule has 2 N–H and O–H groups in total. The molecule has 0 heterocycles. The van der Waals surface area contributed by atoms with E-state index in [-0.39, 0.29) is 39.1 Å². The molecule has 0 spiro atoms. The summed E-state index contributed by atoms with van der Waals surface area (Å²) in [4.78, 5) is 0. The summed E-state index contributed by atoms with van der Waals surface area (Å²) in [6.45, 7) is 0.617. The van der Waals surface area contributed by atoms with Gasteiger partial charge in [-0.15, -0.1) is 0 Å². The molecule has 3 rings (SSSR count). The third-order valence-corrected chi connectivity index (χ3v) is 11.8. The average molecular weight is 702 g/mol. The summed E-state index contributed by atoms with van der Waals surface area (Å²) < 4.78 is 124. The maximum atomic E-state index is 13.8. The quantitative estimate of drug-likeness (QED) is 0.130. The first-order chi connectivity index (χ1) is 19.7. The summed E-state index contributed by atoms with van der Waals surface area (Å²) in [5.74, 6) is 0. The van der Waals surface area contributed by atoms with Crippen LogP contribution in [0.1, 0.15) is 68.1 Å². The third-order valence-electron chi connectivity index (χ3n) is 7.29. The van der Waals surface area contributed by atoms with Crippen LogP contribution in [0.4, 0.5) is 39.5 Å². The van der Waals surface area contributed by atoms with Gasteiger partial charge in [-0.2, -0.15) is 39.5 Å². The van der Waals surface area contributed by atoms with Gasteiger partial charge in [0.2, 0.25) is 0 Å². The fourth-order valence-electron chi connectivity index (χ4n) is 5.15. The van der Waals surface area contributed by atoms with Gasteiger partial charge in [0.15, 0.2) is 0 Å². The topological polar surface area (TPSA) is 26.0 Å². The Kier molecular flexibility index (Phi) is 13.6. The first kappa shape index (κ1) is 37.1. The highest BCUT2D eigenvalue weighted by molar-refractivity contribution is 7.95. The molecule has 0 unspecified atom stereocenters. The Morgan fingerprint density at radius 2 is 0.767 bits per heavy atom. The lowest BCUT2D eigenvalue weighted by Crippen LogP contribution is -3.00. The molecule has 1 nitrogen and oxygen atoms in total. The van der Waals surface area contributed by atoms with E-state index in [1.54, 1.807) is 0 Å². The minimum absolute atomic E-state index is 0. The van der Waals surface area contributed by atoms with Crippen molar-refractivity contribution < 1.29 is 56.5 Å². The minimum Gasteiger partial charge on any atom is -1.00 e. The SMILES string of the molecule is NCCCCCCCCCC[P+](c1cccc(C(F)(F)F)c1)(c1cccc(C(F)(F)F)c1)c1cccc(C(F)(F)F)c1.[Br-]. The van der Waals surface area contributed by atoms with Gasteiger partial charge < -0.3 is 22.7 Å². The van der Waals surface area contributed by atoms with E-state index in [2.05, 4.69) is 0 Å². The largest absolute Gasteiger partial charge is 1.00 e. The standard InChI is InChI=1S/C31H34F9NP.BrH/c32-29(33,34)23-12-9-15-26(20-23)42(19-8-6-4-2-1-3-5-7-18-41,27-16-10-13-24(21-27)30(35,36)37)28-17-11-14-25(22-28)31(38,39)40;/h9-17,20-22H,1-8,18-19,41H2;1H/q+1;/p-1. The smallest absolute Gasteiger partial charge is 0.416 e. The molecule has 0 aliphatic carbocycles. The molecule has 0 radical (unpaired) electrons. The van der Waals surface area contributed by atoms with Gasteiger partial charge in [-0.05, 0) is 80.4 Å². The first-order valence-corrected chi connectivity index (χ1v) is 15.8. The number of nitrogens with two attached hydrogens (primary N) is 1. The predicted octanol–water partition coefficient (Wildman–Crippen LogP) is 6.12. The molecular weight excluding hydrogens is 668 g/mol. The fraction of sp³-hybridized carbons (Fsp3) is 0.419. The average Bonchev–Trinajstić information content (AvgIpc) is 2.93. The molecule has 0 atom stereocenters. The van der Waals surface area contributed by atoms with E-state index in [4.69, 9.17) is 5.73 Å². The van der Waals surface area contributed by atoms with Gasteiger partial charge >= 0.3 is 18.5 Å². The number of rotatable bonds is 13. The lowest BCUT2D eigenvalue weighted by atomic mass is 10.1. The van der Waals surface area contributed by atoms with Gasteiger partial charge in [-0.1, -0.05) is 50.3 Å². The number of hydrogen-bond acceptors (Lipinski definition) is 1. The first-order valence-electron chi connectivity index (χ1n) is 13.8.